The lowest BCUT2D eigenvalue weighted by molar-refractivity contribution is -0.112. The topological polar surface area (TPSA) is 96.3 Å². The highest BCUT2D eigenvalue weighted by atomic mass is 32.2. The molecule has 5 aromatic rings. The summed E-state index contributed by atoms with van der Waals surface area (Å²) >= 11 is 0. The number of anilines is 1. The van der Waals surface area contributed by atoms with Crippen molar-refractivity contribution in [2.45, 2.75) is 11.8 Å². The Balaban J connectivity index is 1.57. The summed E-state index contributed by atoms with van der Waals surface area (Å²) in [7, 11) is -4.17. The lowest BCUT2D eigenvalue weighted by atomic mass is 10.0. The number of nitrogens with zero attached hydrogens (tertiary/aromatic N) is 1. The van der Waals surface area contributed by atoms with Gasteiger partial charge in [-0.25, -0.2) is 0 Å². The first-order chi connectivity index (χ1) is 18.4. The third-order valence-electron chi connectivity index (χ3n) is 6.13. The Labute approximate surface area is 220 Å². The Bertz CT molecular complexity index is 1860. The van der Waals surface area contributed by atoms with Gasteiger partial charge in [0, 0.05) is 16.6 Å². The second kappa shape index (κ2) is 10.2. The van der Waals surface area contributed by atoms with Crippen LogP contribution in [0.1, 0.15) is 11.1 Å². The molecule has 0 bridgehead atoms. The van der Waals surface area contributed by atoms with Gasteiger partial charge in [0.2, 0.25) is 0 Å². The standard InChI is InChI=1S/C31H22N2O4S/c1-21-13-16-25(17-14-21)38(35,36)37-30-18-15-23-8-2-4-10-26(23)28(30)19-24(20-32)31(34)33-29-12-6-9-22-7-3-5-11-27(22)29/h2-19H,1H3,(H,33,34)/b24-19+. The third-order valence-corrected chi connectivity index (χ3v) is 7.38. The molecule has 7 heteroatoms. The predicted molar refractivity (Wildman–Crippen MR) is 149 cm³/mol. The van der Waals surface area contributed by atoms with Crippen LogP contribution in [0.2, 0.25) is 0 Å². The molecule has 1 N–H and O–H groups in total. The van der Waals surface area contributed by atoms with Gasteiger partial charge in [0.1, 0.15) is 16.5 Å². The largest absolute Gasteiger partial charge is 0.378 e. The van der Waals surface area contributed by atoms with Crippen molar-refractivity contribution >= 4 is 49.3 Å². The number of aryl methyl sites for hydroxylation is 1. The molecule has 0 aliphatic carbocycles. The number of carbonyl (C=O) groups excluding carboxylic acids is 1. The first-order valence-electron chi connectivity index (χ1n) is 11.8. The fourth-order valence-electron chi connectivity index (χ4n) is 4.19. The summed E-state index contributed by atoms with van der Waals surface area (Å²) in [6.45, 7) is 1.86. The van der Waals surface area contributed by atoms with Crippen LogP contribution in [0.3, 0.4) is 0 Å². The van der Waals surface area contributed by atoms with Gasteiger partial charge in [-0.2, -0.15) is 13.7 Å². The minimum Gasteiger partial charge on any atom is -0.378 e. The first-order valence-corrected chi connectivity index (χ1v) is 13.2. The number of nitriles is 1. The Kier molecular flexibility index (Phi) is 6.65. The van der Waals surface area contributed by atoms with Gasteiger partial charge in [-0.1, -0.05) is 84.4 Å². The quantitative estimate of drug-likeness (QED) is 0.155. The van der Waals surface area contributed by atoms with Gasteiger partial charge in [-0.05, 0) is 53.4 Å². The number of benzene rings is 5. The summed E-state index contributed by atoms with van der Waals surface area (Å²) < 4.78 is 31.7. The molecule has 0 aliphatic heterocycles. The molecule has 186 valence electrons. The van der Waals surface area contributed by atoms with Crippen LogP contribution in [-0.2, 0) is 14.9 Å². The summed E-state index contributed by atoms with van der Waals surface area (Å²) in [5, 5.41) is 15.9. The molecule has 0 fully saturated rings. The maximum atomic E-state index is 13.2. The van der Waals surface area contributed by atoms with Crippen molar-refractivity contribution in [2.24, 2.45) is 0 Å². The van der Waals surface area contributed by atoms with E-state index in [1.165, 1.54) is 24.3 Å². The summed E-state index contributed by atoms with van der Waals surface area (Å²) in [4.78, 5) is 13.2. The van der Waals surface area contributed by atoms with E-state index in [0.717, 1.165) is 21.7 Å². The van der Waals surface area contributed by atoms with Gasteiger partial charge in [0.15, 0.2) is 5.75 Å². The van der Waals surface area contributed by atoms with E-state index in [-0.39, 0.29) is 16.2 Å². The van der Waals surface area contributed by atoms with Gasteiger partial charge >= 0.3 is 10.1 Å². The van der Waals surface area contributed by atoms with Gasteiger partial charge in [0.05, 0.1) is 0 Å². The molecule has 5 aromatic carbocycles. The van der Waals surface area contributed by atoms with E-state index < -0.39 is 16.0 Å². The van der Waals surface area contributed by atoms with Crippen molar-refractivity contribution in [1.82, 2.24) is 0 Å². The molecule has 0 saturated heterocycles. The van der Waals surface area contributed by atoms with Crippen LogP contribution in [0.25, 0.3) is 27.6 Å². The summed E-state index contributed by atoms with van der Waals surface area (Å²) in [6.07, 6.45) is 1.36. The van der Waals surface area contributed by atoms with E-state index in [9.17, 15) is 18.5 Å². The Morgan fingerprint density at radius 2 is 1.45 bits per heavy atom. The Morgan fingerprint density at radius 3 is 2.16 bits per heavy atom. The SMILES string of the molecule is Cc1ccc(S(=O)(=O)Oc2ccc3ccccc3c2/C=C(\C#N)C(=O)Nc2cccc3ccccc23)cc1. The molecule has 0 heterocycles. The van der Waals surface area contributed by atoms with E-state index in [2.05, 4.69) is 5.32 Å². The molecule has 5 rings (SSSR count). The normalized spacial score (nSPS) is 11.7. The zero-order chi connectivity index (χ0) is 26.7. The van der Waals surface area contributed by atoms with E-state index >= 15 is 0 Å². The van der Waals surface area contributed by atoms with Crippen LogP contribution in [-0.4, -0.2) is 14.3 Å². The van der Waals surface area contributed by atoms with Crippen LogP contribution in [0.5, 0.6) is 5.75 Å². The van der Waals surface area contributed by atoms with E-state index in [1.54, 1.807) is 36.4 Å². The number of hydrogen-bond acceptors (Lipinski definition) is 5. The van der Waals surface area contributed by atoms with E-state index in [1.807, 2.05) is 61.5 Å². The fourth-order valence-corrected chi connectivity index (χ4v) is 5.13. The molecule has 0 spiro atoms. The number of carbonyl (C=O) groups is 1. The third kappa shape index (κ3) is 4.99. The minimum absolute atomic E-state index is 0.000364. The second-order valence-electron chi connectivity index (χ2n) is 8.70. The van der Waals surface area contributed by atoms with Crippen LogP contribution in [0.4, 0.5) is 5.69 Å². The summed E-state index contributed by atoms with van der Waals surface area (Å²) in [6, 6.07) is 31.9. The molecule has 1 amide bonds. The Hall–Kier alpha value is -4.93. The lowest BCUT2D eigenvalue weighted by Crippen LogP contribution is -2.14. The van der Waals surface area contributed by atoms with Crippen molar-refractivity contribution in [2.75, 3.05) is 5.32 Å². The average molecular weight is 519 g/mol. The first kappa shape index (κ1) is 24.8. The highest BCUT2D eigenvalue weighted by Gasteiger charge is 2.21. The lowest BCUT2D eigenvalue weighted by Gasteiger charge is -2.13. The van der Waals surface area contributed by atoms with E-state index in [4.69, 9.17) is 4.18 Å². The minimum atomic E-state index is -4.17. The Morgan fingerprint density at radius 1 is 0.816 bits per heavy atom. The van der Waals surface area contributed by atoms with Crippen LogP contribution in [0.15, 0.2) is 114 Å². The van der Waals surface area contributed by atoms with Gasteiger partial charge < -0.3 is 9.50 Å². The van der Waals surface area contributed by atoms with Gasteiger partial charge in [-0.3, -0.25) is 4.79 Å². The molecular weight excluding hydrogens is 496 g/mol. The molecule has 0 aliphatic rings. The second-order valence-corrected chi connectivity index (χ2v) is 10.2. The van der Waals surface area contributed by atoms with Crippen molar-refractivity contribution in [3.63, 3.8) is 0 Å². The average Bonchev–Trinajstić information content (AvgIpc) is 2.92. The van der Waals surface area contributed by atoms with Gasteiger partial charge in [0.25, 0.3) is 5.91 Å². The number of amides is 1. The van der Waals surface area contributed by atoms with Crippen molar-refractivity contribution < 1.29 is 17.4 Å². The summed E-state index contributed by atoms with van der Waals surface area (Å²) in [5.74, 6) is -0.612. The number of hydrogen-bond donors (Lipinski definition) is 1. The van der Waals surface area contributed by atoms with Gasteiger partial charge in [-0.15, -0.1) is 0 Å². The van der Waals surface area contributed by atoms with Crippen molar-refractivity contribution in [1.29, 1.82) is 5.26 Å². The zero-order valence-electron chi connectivity index (χ0n) is 20.4. The zero-order valence-corrected chi connectivity index (χ0v) is 21.2. The smallest absolute Gasteiger partial charge is 0.339 e. The van der Waals surface area contributed by atoms with Crippen molar-refractivity contribution in [3.05, 3.63) is 120 Å². The molecule has 0 aromatic heterocycles. The highest BCUT2D eigenvalue weighted by molar-refractivity contribution is 7.87. The molecule has 6 nitrogen and oxygen atoms in total. The molecule has 0 atom stereocenters. The van der Waals surface area contributed by atoms with Crippen LogP contribution < -0.4 is 9.50 Å². The maximum Gasteiger partial charge on any atom is 0.339 e. The van der Waals surface area contributed by atoms with Crippen LogP contribution in [0, 0.1) is 18.3 Å². The maximum absolute atomic E-state index is 13.2. The van der Waals surface area contributed by atoms with E-state index in [0.29, 0.717) is 16.6 Å². The molecule has 0 saturated carbocycles. The molecular formula is C31H22N2O4S. The fraction of sp³-hybridized carbons (Fsp3) is 0.0323. The van der Waals surface area contributed by atoms with Crippen molar-refractivity contribution in [3.8, 4) is 11.8 Å². The monoisotopic (exact) mass is 518 g/mol. The molecule has 38 heavy (non-hydrogen) atoms. The molecule has 0 radical (unpaired) electrons. The number of rotatable bonds is 6. The molecule has 0 unspecified atom stereocenters. The highest BCUT2D eigenvalue weighted by Crippen LogP contribution is 2.33. The predicted octanol–water partition coefficient (Wildman–Crippen LogP) is 6.61. The number of fused-ring (bicyclic) bond motifs is 2. The number of nitrogens with one attached hydrogen (secondary N) is 1. The van der Waals surface area contributed by atoms with Crippen LogP contribution >= 0.6 is 0 Å². The summed E-state index contributed by atoms with van der Waals surface area (Å²) in [5.41, 5.74) is 1.58.